The second-order valence-electron chi connectivity index (χ2n) is 3.58. The summed E-state index contributed by atoms with van der Waals surface area (Å²) < 4.78 is 0. The van der Waals surface area contributed by atoms with Crippen LogP contribution >= 0.6 is 0 Å². The molecule has 2 rings (SSSR count). The van der Waals surface area contributed by atoms with E-state index in [1.54, 1.807) is 0 Å². The molecule has 0 fully saturated rings. The van der Waals surface area contributed by atoms with Crippen LogP contribution in [0.1, 0.15) is 6.92 Å². The van der Waals surface area contributed by atoms with Gasteiger partial charge in [0.25, 0.3) is 5.56 Å². The fourth-order valence-corrected chi connectivity index (χ4v) is 1.44. The molecule has 1 atom stereocenters. The van der Waals surface area contributed by atoms with Crippen LogP contribution in [0.25, 0.3) is 0 Å². The predicted molar refractivity (Wildman–Crippen MR) is 60.0 cm³/mol. The Morgan fingerprint density at radius 2 is 2.12 bits per heavy atom. The van der Waals surface area contributed by atoms with E-state index in [1.165, 1.54) is 6.92 Å². The molecular weight excluding hydrogens is 228 g/mol. The summed E-state index contributed by atoms with van der Waals surface area (Å²) in [5.74, 6) is -0.394. The zero-order chi connectivity index (χ0) is 12.6. The molecule has 90 valence electrons. The van der Waals surface area contributed by atoms with Crippen LogP contribution < -0.4 is 16.6 Å². The molecule has 1 aliphatic rings. The summed E-state index contributed by atoms with van der Waals surface area (Å²) in [4.78, 5) is 42.1. The number of nitrogens with one attached hydrogen (secondary N) is 3. The van der Waals surface area contributed by atoms with E-state index in [9.17, 15) is 14.4 Å². The van der Waals surface area contributed by atoms with Gasteiger partial charge in [-0.15, -0.1) is 0 Å². The summed E-state index contributed by atoms with van der Waals surface area (Å²) in [7, 11) is 0. The van der Waals surface area contributed by atoms with Crippen LogP contribution in [0.5, 0.6) is 0 Å². The number of carbonyl (C=O) groups excluding carboxylic acids is 1. The van der Waals surface area contributed by atoms with Crippen LogP contribution in [-0.4, -0.2) is 39.2 Å². The maximum atomic E-state index is 11.5. The highest BCUT2D eigenvalue weighted by Gasteiger charge is 2.22. The number of hydrogen-bond acceptors (Lipinski definition) is 6. The highest BCUT2D eigenvalue weighted by Crippen LogP contribution is 2.19. The number of nitrogens with zero attached hydrogens (tertiary/aromatic N) is 1. The van der Waals surface area contributed by atoms with E-state index in [0.717, 1.165) is 0 Å². The molecule has 1 aromatic rings. The third-order valence-electron chi connectivity index (χ3n) is 2.26. The van der Waals surface area contributed by atoms with Crippen molar-refractivity contribution in [3.8, 4) is 0 Å². The van der Waals surface area contributed by atoms with Gasteiger partial charge in [0.2, 0.25) is 5.78 Å². The molecule has 17 heavy (non-hydrogen) atoms. The number of aromatic nitrogens is 2. The van der Waals surface area contributed by atoms with Gasteiger partial charge in [-0.1, -0.05) is 0 Å². The first kappa shape index (κ1) is 11.3. The van der Waals surface area contributed by atoms with E-state index in [4.69, 9.17) is 5.11 Å². The largest absolute Gasteiger partial charge is 0.385 e. The average molecular weight is 238 g/mol. The van der Waals surface area contributed by atoms with Gasteiger partial charge in [-0.25, -0.2) is 9.79 Å². The maximum Gasteiger partial charge on any atom is 0.327 e. The molecule has 0 aromatic carbocycles. The number of aliphatic imine (C=N–C) groups is 1. The Morgan fingerprint density at radius 3 is 2.76 bits per heavy atom. The average Bonchev–Trinajstić information content (AvgIpc) is 2.27. The van der Waals surface area contributed by atoms with Crippen molar-refractivity contribution in [3.63, 3.8) is 0 Å². The molecule has 0 radical (unpaired) electrons. The van der Waals surface area contributed by atoms with Crippen LogP contribution in [0.4, 0.5) is 11.5 Å². The minimum Gasteiger partial charge on any atom is -0.385 e. The third kappa shape index (κ3) is 2.02. The first-order valence-electron chi connectivity index (χ1n) is 4.89. The number of anilines is 1. The van der Waals surface area contributed by atoms with Gasteiger partial charge in [-0.3, -0.25) is 19.6 Å². The first-order valence-corrected chi connectivity index (χ1v) is 4.89. The van der Waals surface area contributed by atoms with Gasteiger partial charge >= 0.3 is 5.69 Å². The van der Waals surface area contributed by atoms with Crippen molar-refractivity contribution in [1.29, 1.82) is 0 Å². The van der Waals surface area contributed by atoms with Crippen LogP contribution in [-0.2, 0) is 4.79 Å². The van der Waals surface area contributed by atoms with Gasteiger partial charge in [0, 0.05) is 0 Å². The van der Waals surface area contributed by atoms with Gasteiger partial charge in [-0.2, -0.15) is 0 Å². The number of aliphatic hydroxyl groups is 1. The number of fused-ring (bicyclic) bond motifs is 1. The number of aromatic amines is 2. The number of carbonyl (C=O) groups is 1. The first-order chi connectivity index (χ1) is 7.99. The molecule has 0 unspecified atom stereocenters. The number of hydrogen-bond donors (Lipinski definition) is 4. The Bertz CT molecular complexity index is 610. The normalized spacial score (nSPS) is 15.5. The number of Topliss-reactive ketones (excluding diaryl/α,β-unsaturated/α-hetero) is 1. The molecule has 1 aromatic heterocycles. The molecule has 4 N–H and O–H groups in total. The fourth-order valence-electron chi connectivity index (χ4n) is 1.44. The number of ketones is 1. The molecule has 8 nitrogen and oxygen atoms in total. The van der Waals surface area contributed by atoms with Crippen molar-refractivity contribution in [3.05, 3.63) is 20.8 Å². The Balaban J connectivity index is 2.52. The smallest absolute Gasteiger partial charge is 0.327 e. The van der Waals surface area contributed by atoms with Gasteiger partial charge in [-0.05, 0) is 6.92 Å². The summed E-state index contributed by atoms with van der Waals surface area (Å²) in [6.45, 7) is 1.37. The van der Waals surface area contributed by atoms with Crippen LogP contribution in [0.3, 0.4) is 0 Å². The van der Waals surface area contributed by atoms with E-state index in [1.807, 2.05) is 4.98 Å². The molecule has 1 aliphatic heterocycles. The molecule has 0 bridgehead atoms. The number of rotatable bonds is 2. The number of aliphatic hydroxyl groups excluding tert-OH is 1. The lowest BCUT2D eigenvalue weighted by atomic mass is 10.1. The molecular formula is C9H10N4O4. The Hall–Kier alpha value is -2.22. The lowest BCUT2D eigenvalue weighted by molar-refractivity contribution is -0.119. The molecule has 0 aliphatic carbocycles. The van der Waals surface area contributed by atoms with Crippen molar-refractivity contribution in [1.82, 2.24) is 9.97 Å². The van der Waals surface area contributed by atoms with Crippen molar-refractivity contribution < 1.29 is 9.90 Å². The molecule has 2 heterocycles. The molecule has 0 spiro atoms. The third-order valence-corrected chi connectivity index (χ3v) is 2.26. The van der Waals surface area contributed by atoms with E-state index >= 15 is 0 Å². The van der Waals surface area contributed by atoms with Crippen molar-refractivity contribution in [2.24, 2.45) is 4.99 Å². The Labute approximate surface area is 94.4 Å². The molecule has 0 saturated carbocycles. The highest BCUT2D eigenvalue weighted by molar-refractivity contribution is 6.43. The summed E-state index contributed by atoms with van der Waals surface area (Å²) in [6, 6.07) is 0. The lowest BCUT2D eigenvalue weighted by Crippen LogP contribution is -2.35. The Kier molecular flexibility index (Phi) is 2.64. The second-order valence-corrected chi connectivity index (χ2v) is 3.58. The zero-order valence-electron chi connectivity index (χ0n) is 8.90. The van der Waals surface area contributed by atoms with Gasteiger partial charge in [0.15, 0.2) is 5.69 Å². The molecule has 8 heteroatoms. The maximum absolute atomic E-state index is 11.5. The summed E-state index contributed by atoms with van der Waals surface area (Å²) >= 11 is 0. The molecule has 0 saturated heterocycles. The SMILES string of the molecule is C[C@@H](O)C(=O)C1=Nc2c([nH]c(=O)[nH]c2=O)NC1. The van der Waals surface area contributed by atoms with Crippen molar-refractivity contribution >= 4 is 23.0 Å². The quantitative estimate of drug-likeness (QED) is 0.499. The van der Waals surface area contributed by atoms with E-state index in [2.05, 4.69) is 15.3 Å². The van der Waals surface area contributed by atoms with Crippen LogP contribution in [0.2, 0.25) is 0 Å². The minimum absolute atomic E-state index is 0.0463. The summed E-state index contributed by atoms with van der Waals surface area (Å²) in [5.41, 5.74) is -1.36. The minimum atomic E-state index is -1.18. The highest BCUT2D eigenvalue weighted by atomic mass is 16.3. The van der Waals surface area contributed by atoms with Gasteiger partial charge < -0.3 is 10.4 Å². The van der Waals surface area contributed by atoms with Crippen molar-refractivity contribution in [2.75, 3.05) is 11.9 Å². The van der Waals surface area contributed by atoms with E-state index in [-0.39, 0.29) is 23.8 Å². The standard InChI is InChI=1S/C9H10N4O4/c1-3(14)6(15)4-2-10-7-5(11-4)8(16)13-9(17)12-7/h3,14H,2H2,1H3,(H3,10,12,13,16,17)/t3-/m1/s1. The van der Waals surface area contributed by atoms with Crippen molar-refractivity contribution in [2.45, 2.75) is 13.0 Å². The van der Waals surface area contributed by atoms with Crippen LogP contribution in [0, 0.1) is 0 Å². The topological polar surface area (TPSA) is 127 Å². The number of H-pyrrole nitrogens is 2. The van der Waals surface area contributed by atoms with Gasteiger partial charge in [0.1, 0.15) is 17.6 Å². The van der Waals surface area contributed by atoms with Gasteiger partial charge in [0.05, 0.1) is 6.54 Å². The van der Waals surface area contributed by atoms with E-state index < -0.39 is 23.1 Å². The Morgan fingerprint density at radius 1 is 1.41 bits per heavy atom. The van der Waals surface area contributed by atoms with E-state index in [0.29, 0.717) is 0 Å². The molecule has 0 amide bonds. The summed E-state index contributed by atoms with van der Waals surface area (Å²) in [6.07, 6.45) is -1.18. The summed E-state index contributed by atoms with van der Waals surface area (Å²) in [5, 5.41) is 11.8. The lowest BCUT2D eigenvalue weighted by Gasteiger charge is -2.16. The zero-order valence-corrected chi connectivity index (χ0v) is 8.90. The predicted octanol–water partition coefficient (Wildman–Crippen LogP) is -1.49. The van der Waals surface area contributed by atoms with Crippen LogP contribution in [0.15, 0.2) is 14.6 Å². The monoisotopic (exact) mass is 238 g/mol. The second kappa shape index (κ2) is 3.98. The fraction of sp³-hybridized carbons (Fsp3) is 0.333.